The third kappa shape index (κ3) is 3.15. The summed E-state index contributed by atoms with van der Waals surface area (Å²) in [5.74, 6) is 0.870. The van der Waals surface area contributed by atoms with Crippen LogP contribution in [0.1, 0.15) is 39.0 Å². The Morgan fingerprint density at radius 2 is 2.15 bits per heavy atom. The van der Waals surface area contributed by atoms with Crippen LogP contribution in [0.2, 0.25) is 0 Å². The standard InChI is InChI=1S/C15H21N5/c1-12-4-2-5-13(9-8-12)17-14-6-3-7-15(10-14)20-11-16-18-19-20/h3,6-7,10-13,17H,2,4-5,8-9H2,1H3. The number of benzene rings is 1. The average Bonchev–Trinajstić information content (AvgIpc) is 2.92. The van der Waals surface area contributed by atoms with Crippen molar-refractivity contribution in [1.82, 2.24) is 20.2 Å². The van der Waals surface area contributed by atoms with Gasteiger partial charge in [0, 0.05) is 11.7 Å². The summed E-state index contributed by atoms with van der Waals surface area (Å²) in [6.45, 7) is 2.36. The Balaban J connectivity index is 1.70. The lowest BCUT2D eigenvalue weighted by atomic mass is 10.0. The fourth-order valence-corrected chi connectivity index (χ4v) is 2.88. The zero-order valence-electron chi connectivity index (χ0n) is 11.9. The molecule has 0 spiro atoms. The van der Waals surface area contributed by atoms with E-state index in [4.69, 9.17) is 0 Å². The van der Waals surface area contributed by atoms with Gasteiger partial charge >= 0.3 is 0 Å². The van der Waals surface area contributed by atoms with Crippen molar-refractivity contribution in [2.24, 2.45) is 5.92 Å². The Hall–Kier alpha value is -1.91. The van der Waals surface area contributed by atoms with Crippen LogP contribution in [-0.4, -0.2) is 26.2 Å². The average molecular weight is 271 g/mol. The highest BCUT2D eigenvalue weighted by Gasteiger charge is 2.16. The van der Waals surface area contributed by atoms with Gasteiger partial charge in [0.1, 0.15) is 6.33 Å². The summed E-state index contributed by atoms with van der Waals surface area (Å²) in [5.41, 5.74) is 2.14. The van der Waals surface area contributed by atoms with E-state index in [1.54, 1.807) is 11.0 Å². The minimum Gasteiger partial charge on any atom is -0.382 e. The number of nitrogens with zero attached hydrogens (tertiary/aromatic N) is 4. The maximum atomic E-state index is 3.93. The number of nitrogens with one attached hydrogen (secondary N) is 1. The SMILES string of the molecule is CC1CCCC(Nc2cccc(-n3cnnn3)c2)CC1. The molecule has 2 unspecified atom stereocenters. The molecule has 1 aromatic carbocycles. The van der Waals surface area contributed by atoms with Gasteiger partial charge in [0.15, 0.2) is 0 Å². The molecule has 1 aliphatic carbocycles. The monoisotopic (exact) mass is 271 g/mol. The molecule has 1 N–H and O–H groups in total. The number of hydrogen-bond donors (Lipinski definition) is 1. The third-order valence-electron chi connectivity index (χ3n) is 4.09. The molecule has 20 heavy (non-hydrogen) atoms. The van der Waals surface area contributed by atoms with Crippen LogP contribution in [-0.2, 0) is 0 Å². The minimum absolute atomic E-state index is 0.587. The van der Waals surface area contributed by atoms with Crippen LogP contribution in [0.5, 0.6) is 0 Å². The van der Waals surface area contributed by atoms with Crippen molar-refractivity contribution in [3.8, 4) is 5.69 Å². The summed E-state index contributed by atoms with van der Waals surface area (Å²) in [7, 11) is 0. The van der Waals surface area contributed by atoms with Crippen molar-refractivity contribution >= 4 is 5.69 Å². The summed E-state index contributed by atoms with van der Waals surface area (Å²) in [4.78, 5) is 0. The predicted molar refractivity (Wildman–Crippen MR) is 78.8 cm³/mol. The van der Waals surface area contributed by atoms with Crippen molar-refractivity contribution in [3.63, 3.8) is 0 Å². The molecule has 106 valence electrons. The van der Waals surface area contributed by atoms with E-state index in [1.807, 2.05) is 12.1 Å². The zero-order valence-corrected chi connectivity index (χ0v) is 11.9. The van der Waals surface area contributed by atoms with Crippen LogP contribution in [0, 0.1) is 5.92 Å². The normalized spacial score (nSPS) is 23.2. The number of rotatable bonds is 3. The van der Waals surface area contributed by atoms with Crippen molar-refractivity contribution in [2.45, 2.75) is 45.1 Å². The van der Waals surface area contributed by atoms with Crippen LogP contribution in [0.4, 0.5) is 5.69 Å². The van der Waals surface area contributed by atoms with Crippen molar-refractivity contribution in [3.05, 3.63) is 30.6 Å². The van der Waals surface area contributed by atoms with Gasteiger partial charge < -0.3 is 5.32 Å². The van der Waals surface area contributed by atoms with E-state index in [0.717, 1.165) is 17.3 Å². The summed E-state index contributed by atoms with van der Waals surface area (Å²) in [5, 5.41) is 14.9. The van der Waals surface area contributed by atoms with E-state index >= 15 is 0 Å². The molecule has 1 aromatic heterocycles. The van der Waals surface area contributed by atoms with Crippen LogP contribution in [0.15, 0.2) is 30.6 Å². The van der Waals surface area contributed by atoms with E-state index < -0.39 is 0 Å². The molecule has 1 saturated carbocycles. The molecule has 5 heteroatoms. The van der Waals surface area contributed by atoms with Gasteiger partial charge in [0.25, 0.3) is 0 Å². The molecule has 0 amide bonds. The number of aromatic nitrogens is 4. The van der Waals surface area contributed by atoms with Crippen LogP contribution < -0.4 is 5.32 Å². The molecule has 2 aromatic rings. The molecule has 5 nitrogen and oxygen atoms in total. The lowest BCUT2D eigenvalue weighted by Crippen LogP contribution is -2.18. The fourth-order valence-electron chi connectivity index (χ4n) is 2.88. The van der Waals surface area contributed by atoms with Gasteiger partial charge in [-0.1, -0.05) is 25.8 Å². The van der Waals surface area contributed by atoms with Gasteiger partial charge in [-0.15, -0.1) is 5.10 Å². The molecule has 3 rings (SSSR count). The van der Waals surface area contributed by atoms with E-state index in [-0.39, 0.29) is 0 Å². The second-order valence-electron chi connectivity index (χ2n) is 5.76. The van der Waals surface area contributed by atoms with E-state index in [1.165, 1.54) is 32.1 Å². The highest BCUT2D eigenvalue weighted by molar-refractivity contribution is 5.51. The summed E-state index contributed by atoms with van der Waals surface area (Å²) < 4.78 is 1.68. The quantitative estimate of drug-likeness (QED) is 0.872. The minimum atomic E-state index is 0.587. The molecule has 1 aliphatic rings. The lowest BCUT2D eigenvalue weighted by molar-refractivity contribution is 0.502. The highest BCUT2D eigenvalue weighted by atomic mass is 15.5. The Bertz CT molecular complexity index is 537. The highest BCUT2D eigenvalue weighted by Crippen LogP contribution is 2.25. The molecular weight excluding hydrogens is 250 g/mol. The van der Waals surface area contributed by atoms with Gasteiger partial charge in [-0.3, -0.25) is 0 Å². The molecule has 0 aliphatic heterocycles. The first-order valence-electron chi connectivity index (χ1n) is 7.41. The molecule has 0 bridgehead atoms. The maximum absolute atomic E-state index is 3.93. The van der Waals surface area contributed by atoms with E-state index in [2.05, 4.69) is 39.9 Å². The fraction of sp³-hybridized carbons (Fsp3) is 0.533. The lowest BCUT2D eigenvalue weighted by Gasteiger charge is -2.18. The number of anilines is 1. The van der Waals surface area contributed by atoms with Crippen LogP contribution >= 0.6 is 0 Å². The Morgan fingerprint density at radius 3 is 3.00 bits per heavy atom. The molecule has 0 radical (unpaired) electrons. The van der Waals surface area contributed by atoms with Gasteiger partial charge in [0.05, 0.1) is 5.69 Å². The summed E-state index contributed by atoms with van der Waals surface area (Å²) in [6.07, 6.45) is 8.15. The van der Waals surface area contributed by atoms with Gasteiger partial charge in [0.2, 0.25) is 0 Å². The van der Waals surface area contributed by atoms with Gasteiger partial charge in [-0.05, 0) is 53.8 Å². The largest absolute Gasteiger partial charge is 0.382 e. The molecule has 1 heterocycles. The van der Waals surface area contributed by atoms with Crippen molar-refractivity contribution in [2.75, 3.05) is 5.32 Å². The van der Waals surface area contributed by atoms with Crippen LogP contribution in [0.3, 0.4) is 0 Å². The van der Waals surface area contributed by atoms with Crippen molar-refractivity contribution in [1.29, 1.82) is 0 Å². The molecule has 1 fully saturated rings. The second-order valence-corrected chi connectivity index (χ2v) is 5.76. The van der Waals surface area contributed by atoms with Crippen LogP contribution in [0.25, 0.3) is 5.69 Å². The third-order valence-corrected chi connectivity index (χ3v) is 4.09. The Kier molecular flexibility index (Phi) is 3.95. The number of hydrogen-bond acceptors (Lipinski definition) is 4. The first kappa shape index (κ1) is 13.1. The smallest absolute Gasteiger partial charge is 0.143 e. The first-order valence-corrected chi connectivity index (χ1v) is 7.41. The predicted octanol–water partition coefficient (Wildman–Crippen LogP) is 3.04. The maximum Gasteiger partial charge on any atom is 0.143 e. The van der Waals surface area contributed by atoms with Crippen molar-refractivity contribution < 1.29 is 0 Å². The van der Waals surface area contributed by atoms with Gasteiger partial charge in [-0.2, -0.15) is 0 Å². The zero-order chi connectivity index (χ0) is 13.8. The summed E-state index contributed by atoms with van der Waals surface area (Å²) >= 11 is 0. The first-order chi connectivity index (χ1) is 9.81. The second kappa shape index (κ2) is 6.03. The summed E-state index contributed by atoms with van der Waals surface area (Å²) in [6, 6.07) is 8.85. The van der Waals surface area contributed by atoms with Gasteiger partial charge in [-0.25, -0.2) is 4.68 Å². The Labute approximate surface area is 119 Å². The Morgan fingerprint density at radius 1 is 1.20 bits per heavy atom. The van der Waals surface area contributed by atoms with E-state index in [0.29, 0.717) is 6.04 Å². The topological polar surface area (TPSA) is 55.6 Å². The van der Waals surface area contributed by atoms with E-state index in [9.17, 15) is 0 Å². The number of tetrazole rings is 1. The molecular formula is C15H21N5. The molecule has 2 atom stereocenters. The molecule has 0 saturated heterocycles.